The molecule has 7 heteroatoms. The second-order valence-corrected chi connectivity index (χ2v) is 10.7. The highest BCUT2D eigenvalue weighted by molar-refractivity contribution is 6.30. The van der Waals surface area contributed by atoms with E-state index in [1.54, 1.807) is 0 Å². The Balaban J connectivity index is 1.19. The summed E-state index contributed by atoms with van der Waals surface area (Å²) in [6, 6.07) is 8.59. The molecule has 1 amide bonds. The van der Waals surface area contributed by atoms with Gasteiger partial charge in [-0.1, -0.05) is 43.0 Å². The van der Waals surface area contributed by atoms with Crippen LogP contribution in [-0.2, 0) is 19.4 Å². The largest absolute Gasteiger partial charge is 0.455 e. The van der Waals surface area contributed by atoms with E-state index in [2.05, 4.69) is 11.1 Å². The van der Waals surface area contributed by atoms with Gasteiger partial charge in [-0.3, -0.25) is 14.4 Å². The maximum absolute atomic E-state index is 13.5. The van der Waals surface area contributed by atoms with Crippen LogP contribution >= 0.6 is 11.6 Å². The monoisotopic (exact) mass is 492 g/mol. The first-order valence-electron chi connectivity index (χ1n) is 13.0. The Morgan fingerprint density at radius 3 is 2.54 bits per heavy atom. The molecule has 3 aliphatic rings. The third-order valence-corrected chi connectivity index (χ3v) is 8.31. The lowest BCUT2D eigenvalue weighted by molar-refractivity contribution is 0.0495. The number of benzene rings is 1. The van der Waals surface area contributed by atoms with Crippen LogP contribution in [0.25, 0.3) is 11.3 Å². The molecule has 1 saturated heterocycles. The molecule has 184 valence electrons. The molecule has 2 aromatic heterocycles. The molecule has 0 N–H and O–H groups in total. The van der Waals surface area contributed by atoms with Crippen LogP contribution < -0.4 is 0 Å². The molecule has 35 heavy (non-hydrogen) atoms. The molecule has 6 nitrogen and oxygen atoms in total. The van der Waals surface area contributed by atoms with Crippen LogP contribution in [0.5, 0.6) is 0 Å². The number of hydrogen-bond donors (Lipinski definition) is 0. The fourth-order valence-electron chi connectivity index (χ4n) is 6.11. The van der Waals surface area contributed by atoms with Crippen molar-refractivity contribution < 1.29 is 9.21 Å². The van der Waals surface area contributed by atoms with Crippen LogP contribution in [0.4, 0.5) is 0 Å². The first-order valence-corrected chi connectivity index (χ1v) is 13.4. The first kappa shape index (κ1) is 22.9. The average molecular weight is 493 g/mol. The number of aromatic nitrogens is 2. The topological polar surface area (TPSA) is 54.5 Å². The number of rotatable bonds is 4. The normalized spacial score (nSPS) is 19.0. The van der Waals surface area contributed by atoms with Crippen molar-refractivity contribution in [1.82, 2.24) is 19.6 Å². The van der Waals surface area contributed by atoms with Crippen molar-refractivity contribution in [2.24, 2.45) is 0 Å². The van der Waals surface area contributed by atoms with Crippen LogP contribution in [-0.4, -0.2) is 57.7 Å². The van der Waals surface area contributed by atoms with Gasteiger partial charge >= 0.3 is 0 Å². The Hall–Kier alpha value is -2.57. The quantitative estimate of drug-likeness (QED) is 0.493. The SMILES string of the molecule is Cc1c(C(=O)N2CCN(C3CCCCC3)CC2)oc2c1-c1nn(Cc3ccc(Cl)cc3)cc1CC2. The van der Waals surface area contributed by atoms with Crippen LogP contribution in [0.15, 0.2) is 34.9 Å². The second-order valence-electron chi connectivity index (χ2n) is 10.3. The van der Waals surface area contributed by atoms with Crippen molar-refractivity contribution >= 4 is 17.5 Å². The van der Waals surface area contributed by atoms with Crippen molar-refractivity contribution in [3.05, 3.63) is 63.7 Å². The highest BCUT2D eigenvalue weighted by atomic mass is 35.5. The molecule has 1 aliphatic heterocycles. The van der Waals surface area contributed by atoms with Gasteiger partial charge in [0.25, 0.3) is 5.91 Å². The van der Waals surface area contributed by atoms with E-state index in [1.807, 2.05) is 40.8 Å². The Labute approximate surface area is 211 Å². The van der Waals surface area contributed by atoms with E-state index in [0.29, 0.717) is 18.3 Å². The summed E-state index contributed by atoms with van der Waals surface area (Å²) in [6.45, 7) is 6.20. The number of carbonyl (C=O) groups is 1. The predicted molar refractivity (Wildman–Crippen MR) is 137 cm³/mol. The van der Waals surface area contributed by atoms with Gasteiger partial charge in [0, 0.05) is 61.0 Å². The number of piperazine rings is 1. The molecule has 3 heterocycles. The summed E-state index contributed by atoms with van der Waals surface area (Å²) in [4.78, 5) is 18.1. The maximum atomic E-state index is 13.5. The lowest BCUT2D eigenvalue weighted by atomic mass is 9.93. The summed E-state index contributed by atoms with van der Waals surface area (Å²) in [7, 11) is 0. The summed E-state index contributed by atoms with van der Waals surface area (Å²) in [5.41, 5.74) is 5.28. The van der Waals surface area contributed by atoms with Gasteiger partial charge < -0.3 is 9.32 Å². The highest BCUT2D eigenvalue weighted by Gasteiger charge is 2.33. The van der Waals surface area contributed by atoms with E-state index in [-0.39, 0.29) is 5.91 Å². The summed E-state index contributed by atoms with van der Waals surface area (Å²) >= 11 is 6.03. The van der Waals surface area contributed by atoms with Gasteiger partial charge in [-0.05, 0) is 49.4 Å². The molecule has 1 aromatic carbocycles. The predicted octanol–water partition coefficient (Wildman–Crippen LogP) is 5.34. The number of carbonyl (C=O) groups excluding carboxylic acids is 1. The minimum absolute atomic E-state index is 0.0299. The number of fused-ring (bicyclic) bond motifs is 3. The van der Waals surface area contributed by atoms with E-state index in [1.165, 1.54) is 37.7 Å². The average Bonchev–Trinajstić information content (AvgIpc) is 3.45. The fourth-order valence-corrected chi connectivity index (χ4v) is 6.23. The third-order valence-electron chi connectivity index (χ3n) is 8.06. The van der Waals surface area contributed by atoms with Crippen molar-refractivity contribution in [3.63, 3.8) is 0 Å². The van der Waals surface area contributed by atoms with Crippen molar-refractivity contribution in [3.8, 4) is 11.3 Å². The van der Waals surface area contributed by atoms with Gasteiger partial charge in [-0.25, -0.2) is 0 Å². The van der Waals surface area contributed by atoms with E-state index in [4.69, 9.17) is 21.1 Å². The smallest absolute Gasteiger partial charge is 0.289 e. The Kier molecular flexibility index (Phi) is 6.19. The zero-order valence-electron chi connectivity index (χ0n) is 20.4. The van der Waals surface area contributed by atoms with E-state index in [9.17, 15) is 4.79 Å². The maximum Gasteiger partial charge on any atom is 0.289 e. The fraction of sp³-hybridized carbons (Fsp3) is 0.500. The molecule has 0 bridgehead atoms. The minimum Gasteiger partial charge on any atom is -0.455 e. The number of furan rings is 1. The molecule has 2 fully saturated rings. The summed E-state index contributed by atoms with van der Waals surface area (Å²) < 4.78 is 8.21. The van der Waals surface area contributed by atoms with Gasteiger partial charge in [0.15, 0.2) is 5.76 Å². The molecular weight excluding hydrogens is 460 g/mol. The van der Waals surface area contributed by atoms with Crippen LogP contribution in [0.3, 0.4) is 0 Å². The Bertz CT molecular complexity index is 1210. The highest BCUT2D eigenvalue weighted by Crippen LogP contribution is 2.39. The number of hydrogen-bond acceptors (Lipinski definition) is 4. The van der Waals surface area contributed by atoms with E-state index < -0.39 is 0 Å². The molecular formula is C28H33ClN4O2. The Morgan fingerprint density at radius 1 is 1.06 bits per heavy atom. The number of nitrogens with zero attached hydrogens (tertiary/aromatic N) is 4. The summed E-state index contributed by atoms with van der Waals surface area (Å²) in [5.74, 6) is 1.43. The van der Waals surface area contributed by atoms with Crippen molar-refractivity contribution in [2.75, 3.05) is 26.2 Å². The minimum atomic E-state index is 0.0299. The van der Waals surface area contributed by atoms with Crippen LogP contribution in [0.2, 0.25) is 5.02 Å². The molecule has 0 spiro atoms. The molecule has 0 atom stereocenters. The number of amides is 1. The van der Waals surface area contributed by atoms with Gasteiger partial charge in [0.05, 0.1) is 12.2 Å². The van der Waals surface area contributed by atoms with Gasteiger partial charge in [-0.2, -0.15) is 5.10 Å². The van der Waals surface area contributed by atoms with Crippen LogP contribution in [0, 0.1) is 6.92 Å². The zero-order chi connectivity index (χ0) is 23.9. The lowest BCUT2D eigenvalue weighted by Gasteiger charge is -2.40. The van der Waals surface area contributed by atoms with E-state index in [0.717, 1.165) is 72.2 Å². The van der Waals surface area contributed by atoms with Gasteiger partial charge in [0.2, 0.25) is 0 Å². The summed E-state index contributed by atoms with van der Waals surface area (Å²) in [5, 5.41) is 5.65. The molecule has 2 aliphatic carbocycles. The van der Waals surface area contributed by atoms with Gasteiger partial charge in [0.1, 0.15) is 5.76 Å². The van der Waals surface area contributed by atoms with Gasteiger partial charge in [-0.15, -0.1) is 0 Å². The molecule has 1 saturated carbocycles. The molecule has 3 aromatic rings. The molecule has 6 rings (SSSR count). The second kappa shape index (κ2) is 9.47. The number of aryl methyl sites for hydroxylation is 2. The Morgan fingerprint density at radius 2 is 1.80 bits per heavy atom. The summed E-state index contributed by atoms with van der Waals surface area (Å²) in [6.07, 6.45) is 10.5. The molecule has 0 unspecified atom stereocenters. The number of halogens is 1. The first-order chi connectivity index (χ1) is 17.1. The molecule has 0 radical (unpaired) electrons. The van der Waals surface area contributed by atoms with E-state index >= 15 is 0 Å². The standard InChI is InChI=1S/C28H33ClN4O2/c1-19-25-24(12-9-21-18-33(30-26(21)25)17-20-7-10-22(29)11-8-20)35-27(19)28(34)32-15-13-31(14-16-32)23-5-3-2-4-6-23/h7-8,10-11,18,23H,2-6,9,12-17H2,1H3. The third kappa shape index (κ3) is 4.43. The van der Waals surface area contributed by atoms with Crippen molar-refractivity contribution in [1.29, 1.82) is 0 Å². The lowest BCUT2D eigenvalue weighted by Crippen LogP contribution is -2.52. The van der Waals surface area contributed by atoms with Crippen molar-refractivity contribution in [2.45, 2.75) is 64.5 Å². The zero-order valence-corrected chi connectivity index (χ0v) is 21.2. The van der Waals surface area contributed by atoms with Crippen LogP contribution in [0.1, 0.15) is 65.1 Å².